The Labute approximate surface area is 219 Å². The van der Waals surface area contributed by atoms with Crippen LogP contribution < -0.4 is 0 Å². The first-order valence-corrected chi connectivity index (χ1v) is 12.8. The number of rotatable bonds is 3. The normalized spacial score (nSPS) is 11.7. The maximum atomic E-state index is 4.97. The largest absolute Gasteiger partial charge is 0.255 e. The van der Waals surface area contributed by atoms with Gasteiger partial charge in [-0.2, -0.15) is 0 Å². The van der Waals surface area contributed by atoms with Crippen LogP contribution in [0.25, 0.3) is 77.0 Å². The summed E-state index contributed by atoms with van der Waals surface area (Å²) in [4.78, 5) is 14.2. The summed E-state index contributed by atoms with van der Waals surface area (Å²) in [6.07, 6.45) is 3.62. The lowest BCUT2D eigenvalue weighted by molar-refractivity contribution is 1.22. The number of pyridine rings is 3. The minimum absolute atomic E-state index is 0.833. The van der Waals surface area contributed by atoms with Crippen LogP contribution in [-0.2, 0) is 0 Å². The monoisotopic (exact) mass is 483 g/mol. The minimum Gasteiger partial charge on any atom is -0.255 e. The zero-order valence-electron chi connectivity index (χ0n) is 20.5. The number of fused-ring (bicyclic) bond motifs is 2. The van der Waals surface area contributed by atoms with E-state index >= 15 is 0 Å². The van der Waals surface area contributed by atoms with Gasteiger partial charge < -0.3 is 0 Å². The average Bonchev–Trinajstić information content (AvgIpc) is 3.00. The summed E-state index contributed by atoms with van der Waals surface area (Å²) >= 11 is 0. The Morgan fingerprint density at radius 3 is 1.55 bits per heavy atom. The van der Waals surface area contributed by atoms with Gasteiger partial charge in [0.15, 0.2) is 0 Å². The molecule has 0 aliphatic heterocycles. The minimum atomic E-state index is 0.833. The lowest BCUT2D eigenvalue weighted by Crippen LogP contribution is -1.94. The van der Waals surface area contributed by atoms with E-state index in [4.69, 9.17) is 4.98 Å². The standard InChI is InChI=1S/C35H21N3/c1-3-18-36-30(14-1)32-20-23(21-33(38-32)31-15-2-4-19-37-31)24-16-17-29-27-11-6-9-22-8-5-10-26(34(22)27)28-13-7-12-25(24)35(28)29/h1-21H. The molecule has 176 valence electrons. The van der Waals surface area contributed by atoms with Gasteiger partial charge in [-0.05, 0) is 90.6 Å². The van der Waals surface area contributed by atoms with Gasteiger partial charge in [0.2, 0.25) is 0 Å². The molecule has 3 aromatic heterocycles. The second-order valence-electron chi connectivity index (χ2n) is 9.65. The van der Waals surface area contributed by atoms with Crippen molar-refractivity contribution in [2.24, 2.45) is 0 Å². The van der Waals surface area contributed by atoms with Crippen molar-refractivity contribution in [1.82, 2.24) is 15.0 Å². The van der Waals surface area contributed by atoms with E-state index in [9.17, 15) is 0 Å². The van der Waals surface area contributed by atoms with Crippen molar-refractivity contribution in [3.8, 4) is 33.9 Å². The van der Waals surface area contributed by atoms with Gasteiger partial charge in [-0.15, -0.1) is 0 Å². The van der Waals surface area contributed by atoms with Gasteiger partial charge in [-0.1, -0.05) is 78.9 Å². The molecule has 8 rings (SSSR count). The highest BCUT2D eigenvalue weighted by Gasteiger charge is 2.17. The van der Waals surface area contributed by atoms with Gasteiger partial charge in [-0.25, -0.2) is 4.98 Å². The molecule has 0 atom stereocenters. The first-order valence-electron chi connectivity index (χ1n) is 12.8. The Kier molecular flexibility index (Phi) is 4.52. The van der Waals surface area contributed by atoms with E-state index in [1.165, 1.54) is 48.7 Å². The number of hydrogen-bond donors (Lipinski definition) is 0. The molecule has 0 amide bonds. The van der Waals surface area contributed by atoms with E-state index < -0.39 is 0 Å². The molecule has 8 aromatic rings. The van der Waals surface area contributed by atoms with Crippen LogP contribution in [0.1, 0.15) is 0 Å². The fourth-order valence-corrected chi connectivity index (χ4v) is 5.87. The van der Waals surface area contributed by atoms with Crippen molar-refractivity contribution in [3.63, 3.8) is 0 Å². The molecule has 0 unspecified atom stereocenters. The average molecular weight is 484 g/mol. The molecule has 0 N–H and O–H groups in total. The number of benzene rings is 5. The smallest absolute Gasteiger partial charge is 0.0900 e. The van der Waals surface area contributed by atoms with Crippen LogP contribution in [0.4, 0.5) is 0 Å². The summed E-state index contributed by atoms with van der Waals surface area (Å²) in [5, 5.41) is 10.3. The summed E-state index contributed by atoms with van der Waals surface area (Å²) in [7, 11) is 0. The van der Waals surface area contributed by atoms with E-state index in [0.717, 1.165) is 28.3 Å². The van der Waals surface area contributed by atoms with Gasteiger partial charge in [0.05, 0.1) is 22.8 Å². The van der Waals surface area contributed by atoms with Crippen LogP contribution in [-0.4, -0.2) is 15.0 Å². The summed E-state index contributed by atoms with van der Waals surface area (Å²) in [6.45, 7) is 0. The van der Waals surface area contributed by atoms with E-state index in [1.54, 1.807) is 0 Å². The van der Waals surface area contributed by atoms with Gasteiger partial charge in [0.25, 0.3) is 0 Å². The summed E-state index contributed by atoms with van der Waals surface area (Å²) in [6, 6.07) is 40.6. The molecule has 0 spiro atoms. The van der Waals surface area contributed by atoms with Crippen molar-refractivity contribution >= 4 is 43.1 Å². The summed E-state index contributed by atoms with van der Waals surface area (Å²) < 4.78 is 0. The zero-order chi connectivity index (χ0) is 25.1. The highest BCUT2D eigenvalue weighted by atomic mass is 14.8. The van der Waals surface area contributed by atoms with Crippen LogP contribution in [0.3, 0.4) is 0 Å². The highest BCUT2D eigenvalue weighted by Crippen LogP contribution is 2.43. The number of nitrogens with zero attached hydrogens (tertiary/aromatic N) is 3. The van der Waals surface area contributed by atoms with Gasteiger partial charge in [-0.3, -0.25) is 9.97 Å². The predicted octanol–water partition coefficient (Wildman–Crippen LogP) is 8.92. The van der Waals surface area contributed by atoms with Crippen molar-refractivity contribution in [2.75, 3.05) is 0 Å². The van der Waals surface area contributed by atoms with Gasteiger partial charge in [0, 0.05) is 12.4 Å². The van der Waals surface area contributed by atoms with E-state index in [-0.39, 0.29) is 0 Å². The Balaban J connectivity index is 1.46. The maximum absolute atomic E-state index is 4.97. The third kappa shape index (κ3) is 3.12. The molecule has 0 bridgehead atoms. The van der Waals surface area contributed by atoms with Crippen LogP contribution in [0, 0.1) is 0 Å². The topological polar surface area (TPSA) is 38.7 Å². The Morgan fingerprint density at radius 1 is 0.395 bits per heavy atom. The molecule has 0 saturated heterocycles. The molecule has 0 aliphatic rings. The lowest BCUT2D eigenvalue weighted by atomic mass is 9.87. The Hall–Kier alpha value is -5.15. The molecule has 0 radical (unpaired) electrons. The quantitative estimate of drug-likeness (QED) is 0.186. The molecule has 0 aliphatic carbocycles. The lowest BCUT2D eigenvalue weighted by Gasteiger charge is -2.17. The molecular formula is C35H21N3. The van der Waals surface area contributed by atoms with Crippen molar-refractivity contribution < 1.29 is 0 Å². The van der Waals surface area contributed by atoms with E-state index in [0.29, 0.717) is 0 Å². The highest BCUT2D eigenvalue weighted by molar-refractivity contribution is 6.34. The first kappa shape index (κ1) is 21.0. The molecule has 38 heavy (non-hydrogen) atoms. The third-order valence-corrected chi connectivity index (χ3v) is 7.52. The molecule has 0 fully saturated rings. The SMILES string of the molecule is c1ccc(-c2cc(-c3ccc4c5cccc6cccc(c7cccc3c74)c65)cc(-c3ccccn3)n2)nc1. The third-order valence-electron chi connectivity index (χ3n) is 7.52. The molecule has 3 nitrogen and oxygen atoms in total. The second kappa shape index (κ2) is 8.19. The van der Waals surface area contributed by atoms with Crippen molar-refractivity contribution in [3.05, 3.63) is 128 Å². The molecule has 3 heterocycles. The summed E-state index contributed by atoms with van der Waals surface area (Å²) in [5.41, 5.74) is 5.62. The molecule has 0 saturated carbocycles. The Bertz CT molecular complexity index is 2010. The number of aromatic nitrogens is 3. The van der Waals surface area contributed by atoms with Crippen molar-refractivity contribution in [1.29, 1.82) is 0 Å². The van der Waals surface area contributed by atoms with Crippen LogP contribution >= 0.6 is 0 Å². The maximum Gasteiger partial charge on any atom is 0.0900 e. The molecular weight excluding hydrogens is 462 g/mol. The van der Waals surface area contributed by atoms with E-state index in [2.05, 4.69) is 88.8 Å². The fraction of sp³-hybridized carbons (Fsp3) is 0. The second-order valence-corrected chi connectivity index (χ2v) is 9.65. The van der Waals surface area contributed by atoms with Crippen LogP contribution in [0.15, 0.2) is 128 Å². The summed E-state index contributed by atoms with van der Waals surface area (Å²) in [5.74, 6) is 0. The first-order chi connectivity index (χ1) is 18.8. The fourth-order valence-electron chi connectivity index (χ4n) is 5.87. The molecule has 5 aromatic carbocycles. The zero-order valence-corrected chi connectivity index (χ0v) is 20.5. The van der Waals surface area contributed by atoms with Crippen molar-refractivity contribution in [2.45, 2.75) is 0 Å². The predicted molar refractivity (Wildman–Crippen MR) is 157 cm³/mol. The number of hydrogen-bond acceptors (Lipinski definition) is 3. The van der Waals surface area contributed by atoms with Crippen LogP contribution in [0.5, 0.6) is 0 Å². The van der Waals surface area contributed by atoms with Crippen LogP contribution in [0.2, 0.25) is 0 Å². The Morgan fingerprint density at radius 2 is 0.947 bits per heavy atom. The molecule has 3 heteroatoms. The van der Waals surface area contributed by atoms with Gasteiger partial charge in [0.1, 0.15) is 0 Å². The van der Waals surface area contributed by atoms with E-state index in [1.807, 2.05) is 48.8 Å². The van der Waals surface area contributed by atoms with Gasteiger partial charge >= 0.3 is 0 Å².